The highest BCUT2D eigenvalue weighted by atomic mass is 32.1. The van der Waals surface area contributed by atoms with Gasteiger partial charge in [0, 0.05) is 26.8 Å². The van der Waals surface area contributed by atoms with Crippen LogP contribution in [-0.4, -0.2) is 15.0 Å². The van der Waals surface area contributed by atoms with E-state index in [1.54, 1.807) is 0 Å². The van der Waals surface area contributed by atoms with Crippen LogP contribution < -0.4 is 9.75 Å². The Morgan fingerprint density at radius 1 is 0.837 bits per heavy atom. The second-order valence-electron chi connectivity index (χ2n) is 12.5. The Bertz CT molecular complexity index is 2000. The Kier molecular flexibility index (Phi) is 6.04. The molecule has 3 aromatic rings. The lowest BCUT2D eigenvalue weighted by Crippen LogP contribution is -2.30. The van der Waals surface area contributed by atoms with Crippen LogP contribution >= 0.6 is 11.3 Å². The highest BCUT2D eigenvalue weighted by Gasteiger charge is 2.36. The lowest BCUT2D eigenvalue weighted by Gasteiger charge is -2.40. The summed E-state index contributed by atoms with van der Waals surface area (Å²) in [4.78, 5) is 16.9. The second-order valence-corrected chi connectivity index (χ2v) is 13.6. The zero-order valence-electron chi connectivity index (χ0n) is 24.1. The van der Waals surface area contributed by atoms with Gasteiger partial charge in [-0.2, -0.15) is 0 Å². The first-order chi connectivity index (χ1) is 21.3. The molecule has 4 atom stereocenters. The van der Waals surface area contributed by atoms with Gasteiger partial charge in [-0.3, -0.25) is 0 Å². The fourth-order valence-corrected chi connectivity index (χ4v) is 9.09. The average Bonchev–Trinajstić information content (AvgIpc) is 3.46. The van der Waals surface area contributed by atoms with Crippen LogP contribution in [0.25, 0.3) is 35.2 Å². The Labute approximate surface area is 256 Å². The van der Waals surface area contributed by atoms with Crippen LogP contribution in [-0.2, 0) is 6.42 Å². The molecule has 4 heteroatoms. The maximum atomic E-state index is 5.24. The van der Waals surface area contributed by atoms with Crippen molar-refractivity contribution in [1.82, 2.24) is 15.0 Å². The third-order valence-corrected chi connectivity index (χ3v) is 11.2. The van der Waals surface area contributed by atoms with Gasteiger partial charge in [0.25, 0.3) is 0 Å². The van der Waals surface area contributed by atoms with Crippen molar-refractivity contribution in [3.05, 3.63) is 134 Å². The van der Waals surface area contributed by atoms with Crippen molar-refractivity contribution in [1.29, 1.82) is 0 Å². The smallest absolute Gasteiger partial charge is 0.163 e. The molecule has 3 nitrogen and oxygen atoms in total. The average molecular weight is 576 g/mol. The molecule has 0 fully saturated rings. The largest absolute Gasteiger partial charge is 0.213 e. The number of hydrogen-bond donors (Lipinski definition) is 0. The van der Waals surface area contributed by atoms with E-state index < -0.39 is 0 Å². The lowest BCUT2D eigenvalue weighted by molar-refractivity contribution is 0.379. The monoisotopic (exact) mass is 575 g/mol. The van der Waals surface area contributed by atoms with Crippen LogP contribution in [0.5, 0.6) is 0 Å². The molecule has 2 aromatic heterocycles. The summed E-state index contributed by atoms with van der Waals surface area (Å²) >= 11 is 1.92. The van der Waals surface area contributed by atoms with Crippen molar-refractivity contribution in [3.63, 3.8) is 0 Å². The summed E-state index contributed by atoms with van der Waals surface area (Å²) < 4.78 is 1.37. The van der Waals surface area contributed by atoms with Gasteiger partial charge in [0.2, 0.25) is 0 Å². The summed E-state index contributed by atoms with van der Waals surface area (Å²) in [7, 11) is 0. The Balaban J connectivity index is 1.13. The molecule has 43 heavy (non-hydrogen) atoms. The van der Waals surface area contributed by atoms with Crippen molar-refractivity contribution < 1.29 is 0 Å². The van der Waals surface area contributed by atoms with E-state index in [4.69, 9.17) is 15.0 Å². The van der Waals surface area contributed by atoms with Crippen molar-refractivity contribution in [3.8, 4) is 11.4 Å². The highest BCUT2D eigenvalue weighted by Crippen LogP contribution is 2.48. The Morgan fingerprint density at radius 2 is 1.77 bits per heavy atom. The summed E-state index contributed by atoms with van der Waals surface area (Å²) in [5.74, 6) is 4.14. The zero-order chi connectivity index (χ0) is 28.3. The molecule has 1 aromatic carbocycles. The topological polar surface area (TPSA) is 38.7 Å². The van der Waals surface area contributed by atoms with Gasteiger partial charge >= 0.3 is 0 Å². The van der Waals surface area contributed by atoms with E-state index in [1.807, 2.05) is 11.3 Å². The van der Waals surface area contributed by atoms with Crippen LogP contribution in [0.1, 0.15) is 60.1 Å². The maximum absolute atomic E-state index is 5.24. The standard InChI is InChI=1S/C39H33N3S/c1-2-9-26(10-3-1)37-40-38(42-39(41-37)28-18-21-33-32-12-6-7-13-35(32)43-36(33)23-28)27-15-14-25-17-19-30-29-11-5-4-8-24(29)16-20-31(30)34(25)22-27/h1-5,7-10,13,16-17,19-23,28-31H,6,11-12,14-15,18H2/t28-,29?,30?,31?/m0/s1. The summed E-state index contributed by atoms with van der Waals surface area (Å²) in [6.07, 6.45) is 34.8. The third-order valence-electron chi connectivity index (χ3n) is 10.0. The van der Waals surface area contributed by atoms with Gasteiger partial charge in [-0.1, -0.05) is 97.2 Å². The van der Waals surface area contributed by atoms with E-state index in [0.717, 1.165) is 61.6 Å². The fraction of sp³-hybridized carbons (Fsp3) is 0.256. The van der Waals surface area contributed by atoms with Gasteiger partial charge in [0.1, 0.15) is 5.82 Å². The molecule has 3 unspecified atom stereocenters. The van der Waals surface area contributed by atoms with E-state index in [2.05, 4.69) is 103 Å². The molecule has 0 amide bonds. The molecule has 0 saturated heterocycles. The molecule has 0 aliphatic heterocycles. The summed E-state index contributed by atoms with van der Waals surface area (Å²) in [6, 6.07) is 10.4. The van der Waals surface area contributed by atoms with Gasteiger partial charge in [0.15, 0.2) is 11.6 Å². The molecule has 0 radical (unpaired) electrons. The number of thiophene rings is 1. The van der Waals surface area contributed by atoms with Crippen LogP contribution in [0.3, 0.4) is 0 Å². The maximum Gasteiger partial charge on any atom is 0.163 e. The molecule has 210 valence electrons. The van der Waals surface area contributed by atoms with E-state index in [1.165, 1.54) is 42.5 Å². The first kappa shape index (κ1) is 25.4. The highest BCUT2D eigenvalue weighted by molar-refractivity contribution is 7.11. The molecule has 6 aliphatic rings. The van der Waals surface area contributed by atoms with E-state index in [9.17, 15) is 0 Å². The van der Waals surface area contributed by atoms with Gasteiger partial charge in [-0.15, -0.1) is 11.3 Å². The van der Waals surface area contributed by atoms with Crippen LogP contribution in [0.4, 0.5) is 0 Å². The number of rotatable bonds is 3. The van der Waals surface area contributed by atoms with E-state index >= 15 is 0 Å². The summed E-state index contributed by atoms with van der Waals surface area (Å²) in [6.45, 7) is 0. The minimum absolute atomic E-state index is 0.146. The Hall–Kier alpha value is -4.15. The van der Waals surface area contributed by atoms with Gasteiger partial charge in [-0.25, -0.2) is 15.0 Å². The van der Waals surface area contributed by atoms with Gasteiger partial charge in [-0.05, 0) is 89.5 Å². The van der Waals surface area contributed by atoms with Crippen molar-refractivity contribution in [2.75, 3.05) is 0 Å². The first-order valence-electron chi connectivity index (χ1n) is 15.8. The number of aromatic nitrogens is 3. The molecule has 0 spiro atoms. The first-order valence-corrected chi connectivity index (χ1v) is 16.6. The van der Waals surface area contributed by atoms with E-state index in [-0.39, 0.29) is 5.92 Å². The lowest BCUT2D eigenvalue weighted by atomic mass is 9.64. The molecule has 0 N–H and O–H groups in total. The van der Waals surface area contributed by atoms with Crippen LogP contribution in [0, 0.1) is 17.8 Å². The number of nitrogens with zero attached hydrogens (tertiary/aromatic N) is 3. The second kappa shape index (κ2) is 10.2. The van der Waals surface area contributed by atoms with Gasteiger partial charge in [0.05, 0.1) is 0 Å². The quantitative estimate of drug-likeness (QED) is 0.322. The third kappa shape index (κ3) is 4.34. The number of benzene rings is 1. The minimum atomic E-state index is 0.146. The van der Waals surface area contributed by atoms with Gasteiger partial charge < -0.3 is 0 Å². The zero-order valence-corrected chi connectivity index (χ0v) is 24.9. The fourth-order valence-electron chi connectivity index (χ4n) is 7.81. The van der Waals surface area contributed by atoms with Crippen molar-refractivity contribution in [2.45, 2.75) is 44.4 Å². The molecule has 6 aliphatic carbocycles. The SMILES string of the molecule is C1=CCC2C(=C1)C=CC1C3=C(C=CC12)CCC(c1nc(-c2ccccc2)nc([C@@H]2C=c4sc5c(c4=CC2)CCC=C5)n1)=C3. The van der Waals surface area contributed by atoms with Crippen LogP contribution in [0.15, 0.2) is 102 Å². The molecule has 0 bridgehead atoms. The number of hydrogen-bond acceptors (Lipinski definition) is 4. The van der Waals surface area contributed by atoms with Crippen molar-refractivity contribution >= 4 is 35.1 Å². The van der Waals surface area contributed by atoms with E-state index in [0.29, 0.717) is 17.8 Å². The normalized spacial score (nSPS) is 26.2. The molecule has 9 rings (SSSR count). The van der Waals surface area contributed by atoms with Crippen molar-refractivity contribution in [2.24, 2.45) is 17.8 Å². The van der Waals surface area contributed by atoms with Crippen LogP contribution in [0.2, 0.25) is 0 Å². The minimum Gasteiger partial charge on any atom is -0.213 e. The predicted molar refractivity (Wildman–Crippen MR) is 177 cm³/mol. The molecule has 2 heterocycles. The summed E-state index contributed by atoms with van der Waals surface area (Å²) in [5.41, 5.74) is 8.22. The number of fused-ring (bicyclic) bond motifs is 7. The Morgan fingerprint density at radius 3 is 2.72 bits per heavy atom. The number of allylic oxidation sites excluding steroid dienone is 13. The molecule has 0 saturated carbocycles. The predicted octanol–water partition coefficient (Wildman–Crippen LogP) is 7.66. The summed E-state index contributed by atoms with van der Waals surface area (Å²) in [5, 5.41) is 1.44. The molecular formula is C39H33N3S. The molecular weight excluding hydrogens is 543 g/mol.